The molecule has 1 aliphatic rings. The van der Waals surface area contributed by atoms with Gasteiger partial charge in [-0.1, -0.05) is 12.8 Å². The first-order chi connectivity index (χ1) is 8.83. The van der Waals surface area contributed by atoms with Crippen LogP contribution in [0.2, 0.25) is 0 Å². The maximum Gasteiger partial charge on any atom is 0.229 e. The highest BCUT2D eigenvalue weighted by molar-refractivity contribution is 7.14. The van der Waals surface area contributed by atoms with Crippen molar-refractivity contribution in [3.63, 3.8) is 0 Å². The molecule has 18 heavy (non-hydrogen) atoms. The fraction of sp³-hybridized carbons (Fsp3) is 0.385. The third-order valence-corrected chi connectivity index (χ3v) is 4.09. The number of carbonyl (C=O) groups excluding carboxylic acids is 1. The van der Waals surface area contributed by atoms with Gasteiger partial charge in [0, 0.05) is 17.5 Å². The van der Waals surface area contributed by atoms with E-state index in [0.717, 1.165) is 24.2 Å². The molecule has 0 atom stereocenters. The molecule has 1 fully saturated rings. The fourth-order valence-electron chi connectivity index (χ4n) is 2.34. The highest BCUT2D eigenvalue weighted by atomic mass is 32.1. The fourth-order valence-corrected chi connectivity index (χ4v) is 3.05. The Labute approximate surface area is 109 Å². The number of amides is 1. The zero-order valence-electron chi connectivity index (χ0n) is 9.98. The summed E-state index contributed by atoms with van der Waals surface area (Å²) >= 11 is 1.47. The lowest BCUT2D eigenvalue weighted by Crippen LogP contribution is -2.20. The number of thiazole rings is 1. The summed E-state index contributed by atoms with van der Waals surface area (Å²) in [5.41, 5.74) is 1.86. The molecule has 2 aromatic rings. The molecule has 1 aliphatic carbocycles. The van der Waals surface area contributed by atoms with Gasteiger partial charge in [-0.25, -0.2) is 4.98 Å². The van der Waals surface area contributed by atoms with Crippen molar-refractivity contribution in [2.45, 2.75) is 25.7 Å². The van der Waals surface area contributed by atoms with Gasteiger partial charge < -0.3 is 10.3 Å². The molecule has 2 aromatic heterocycles. The predicted octanol–water partition coefficient (Wildman–Crippen LogP) is 3.27. The summed E-state index contributed by atoms with van der Waals surface area (Å²) in [4.78, 5) is 19.5. The van der Waals surface area contributed by atoms with Crippen molar-refractivity contribution in [1.82, 2.24) is 9.97 Å². The average Bonchev–Trinajstić information content (AvgIpc) is 3.12. The van der Waals surface area contributed by atoms with Crippen molar-refractivity contribution >= 4 is 22.4 Å². The molecule has 2 heterocycles. The van der Waals surface area contributed by atoms with Gasteiger partial charge in [-0.2, -0.15) is 0 Å². The molecule has 0 radical (unpaired) electrons. The van der Waals surface area contributed by atoms with Gasteiger partial charge in [0.1, 0.15) is 0 Å². The van der Waals surface area contributed by atoms with E-state index in [2.05, 4.69) is 15.3 Å². The third kappa shape index (κ3) is 2.31. The van der Waals surface area contributed by atoms with E-state index >= 15 is 0 Å². The Hall–Kier alpha value is -1.62. The lowest BCUT2D eigenvalue weighted by atomic mass is 10.1. The Morgan fingerprint density at radius 3 is 3.00 bits per heavy atom. The van der Waals surface area contributed by atoms with E-state index in [4.69, 9.17) is 0 Å². The molecular weight excluding hydrogens is 246 g/mol. The Balaban J connectivity index is 1.68. The van der Waals surface area contributed by atoms with E-state index in [0.29, 0.717) is 5.13 Å². The van der Waals surface area contributed by atoms with Crippen LogP contribution in [0.5, 0.6) is 0 Å². The molecule has 0 spiro atoms. The first-order valence-electron chi connectivity index (χ1n) is 6.23. The highest BCUT2D eigenvalue weighted by Crippen LogP contribution is 2.28. The Kier molecular flexibility index (Phi) is 3.15. The molecule has 3 rings (SSSR count). The number of nitrogens with one attached hydrogen (secondary N) is 2. The number of carbonyl (C=O) groups is 1. The smallest absolute Gasteiger partial charge is 0.229 e. The Morgan fingerprint density at radius 1 is 1.44 bits per heavy atom. The zero-order chi connectivity index (χ0) is 12.4. The van der Waals surface area contributed by atoms with Gasteiger partial charge in [0.05, 0.1) is 11.4 Å². The maximum atomic E-state index is 12.0. The normalized spacial score (nSPS) is 16.0. The summed E-state index contributed by atoms with van der Waals surface area (Å²) in [5.74, 6) is 0.308. The van der Waals surface area contributed by atoms with E-state index in [-0.39, 0.29) is 11.8 Å². The zero-order valence-corrected chi connectivity index (χ0v) is 10.8. The molecule has 4 nitrogen and oxygen atoms in total. The van der Waals surface area contributed by atoms with Crippen LogP contribution in [0.3, 0.4) is 0 Å². The summed E-state index contributed by atoms with van der Waals surface area (Å²) in [6, 6.07) is 3.91. The topological polar surface area (TPSA) is 57.8 Å². The number of aromatic amines is 1. The molecule has 0 saturated heterocycles. The Bertz CT molecular complexity index is 526. The molecule has 5 heteroatoms. The standard InChI is InChI=1S/C13H15N3OS/c17-12(9-4-1-2-5-9)16-13-15-11(8-18-13)10-6-3-7-14-10/h3,6-9,14H,1-2,4-5H2,(H,15,16,17). The van der Waals surface area contributed by atoms with Gasteiger partial charge in [-0.15, -0.1) is 11.3 Å². The number of hydrogen-bond acceptors (Lipinski definition) is 3. The maximum absolute atomic E-state index is 12.0. The molecule has 0 bridgehead atoms. The quantitative estimate of drug-likeness (QED) is 0.891. The lowest BCUT2D eigenvalue weighted by molar-refractivity contribution is -0.119. The monoisotopic (exact) mass is 261 g/mol. The second-order valence-corrected chi connectivity index (χ2v) is 5.45. The predicted molar refractivity (Wildman–Crippen MR) is 72.5 cm³/mol. The van der Waals surface area contributed by atoms with Gasteiger partial charge in [-0.3, -0.25) is 4.79 Å². The lowest BCUT2D eigenvalue weighted by Gasteiger charge is -2.07. The van der Waals surface area contributed by atoms with Gasteiger partial charge in [0.25, 0.3) is 0 Å². The number of anilines is 1. The number of aromatic nitrogens is 2. The van der Waals surface area contributed by atoms with E-state index in [1.165, 1.54) is 24.2 Å². The van der Waals surface area contributed by atoms with Crippen LogP contribution in [0.1, 0.15) is 25.7 Å². The number of nitrogens with zero attached hydrogens (tertiary/aromatic N) is 1. The first-order valence-corrected chi connectivity index (χ1v) is 7.11. The van der Waals surface area contributed by atoms with Gasteiger partial charge in [-0.05, 0) is 25.0 Å². The largest absolute Gasteiger partial charge is 0.360 e. The molecule has 0 aliphatic heterocycles. The second-order valence-electron chi connectivity index (χ2n) is 4.59. The number of H-pyrrole nitrogens is 1. The third-order valence-electron chi connectivity index (χ3n) is 3.33. The van der Waals surface area contributed by atoms with Crippen molar-refractivity contribution in [3.05, 3.63) is 23.7 Å². The van der Waals surface area contributed by atoms with Crippen LogP contribution in [0.25, 0.3) is 11.4 Å². The second kappa shape index (κ2) is 4.94. The summed E-state index contributed by atoms with van der Waals surface area (Å²) in [6.45, 7) is 0. The van der Waals surface area contributed by atoms with Gasteiger partial charge in [0.2, 0.25) is 5.91 Å². The van der Waals surface area contributed by atoms with Crippen LogP contribution in [0, 0.1) is 5.92 Å². The van der Waals surface area contributed by atoms with E-state index < -0.39 is 0 Å². The van der Waals surface area contributed by atoms with Gasteiger partial charge >= 0.3 is 0 Å². The molecule has 1 amide bonds. The first kappa shape index (κ1) is 11.5. The van der Waals surface area contributed by atoms with Gasteiger partial charge in [0.15, 0.2) is 5.13 Å². The van der Waals surface area contributed by atoms with E-state index in [9.17, 15) is 4.79 Å². The number of rotatable bonds is 3. The Morgan fingerprint density at radius 2 is 2.28 bits per heavy atom. The minimum Gasteiger partial charge on any atom is -0.360 e. The van der Waals surface area contributed by atoms with Crippen LogP contribution in [0.4, 0.5) is 5.13 Å². The summed E-state index contributed by atoms with van der Waals surface area (Å²) < 4.78 is 0. The van der Waals surface area contributed by atoms with Crippen LogP contribution < -0.4 is 5.32 Å². The average molecular weight is 261 g/mol. The van der Waals surface area contributed by atoms with Crippen LogP contribution in [-0.4, -0.2) is 15.9 Å². The van der Waals surface area contributed by atoms with Crippen molar-refractivity contribution < 1.29 is 4.79 Å². The summed E-state index contributed by atoms with van der Waals surface area (Å²) in [5, 5.41) is 5.57. The summed E-state index contributed by atoms with van der Waals surface area (Å²) in [6.07, 6.45) is 6.24. The molecular formula is C13H15N3OS. The number of hydrogen-bond donors (Lipinski definition) is 2. The van der Waals surface area contributed by atoms with Crippen molar-refractivity contribution in [3.8, 4) is 11.4 Å². The molecule has 94 valence electrons. The minimum absolute atomic E-state index is 0.125. The molecule has 0 aromatic carbocycles. The molecule has 0 unspecified atom stereocenters. The van der Waals surface area contributed by atoms with Crippen molar-refractivity contribution in [2.24, 2.45) is 5.92 Å². The highest BCUT2D eigenvalue weighted by Gasteiger charge is 2.23. The van der Waals surface area contributed by atoms with Crippen molar-refractivity contribution in [1.29, 1.82) is 0 Å². The van der Waals surface area contributed by atoms with E-state index in [1.54, 1.807) is 0 Å². The van der Waals surface area contributed by atoms with Crippen LogP contribution in [-0.2, 0) is 4.79 Å². The minimum atomic E-state index is 0.125. The van der Waals surface area contributed by atoms with Crippen molar-refractivity contribution in [2.75, 3.05) is 5.32 Å². The van der Waals surface area contributed by atoms with E-state index in [1.807, 2.05) is 23.7 Å². The molecule has 1 saturated carbocycles. The summed E-state index contributed by atoms with van der Waals surface area (Å²) in [7, 11) is 0. The molecule has 2 N–H and O–H groups in total. The van der Waals surface area contributed by atoms with Crippen LogP contribution in [0.15, 0.2) is 23.7 Å². The SMILES string of the molecule is O=C(Nc1nc(-c2ccc[nH]2)cs1)C1CCCC1. The van der Waals surface area contributed by atoms with Crippen LogP contribution >= 0.6 is 11.3 Å².